The maximum Gasteiger partial charge on any atom is 0.248 e. The van der Waals surface area contributed by atoms with E-state index in [1.54, 1.807) is 24.3 Å². The number of nitrogens with two attached hydrogens (primary N) is 1. The van der Waals surface area contributed by atoms with Gasteiger partial charge in [-0.3, -0.25) is 4.79 Å². The van der Waals surface area contributed by atoms with E-state index in [1.165, 1.54) is 0 Å². The van der Waals surface area contributed by atoms with Crippen LogP contribution in [0.5, 0.6) is 0 Å². The number of sulfone groups is 1. The van der Waals surface area contributed by atoms with E-state index in [1.807, 2.05) is 4.90 Å². The molecule has 0 radical (unpaired) electrons. The van der Waals surface area contributed by atoms with Gasteiger partial charge in [0.15, 0.2) is 9.84 Å². The van der Waals surface area contributed by atoms with Gasteiger partial charge in [0, 0.05) is 24.3 Å². The third-order valence-corrected chi connectivity index (χ3v) is 4.47. The topological polar surface area (TPSA) is 80.5 Å². The van der Waals surface area contributed by atoms with Crippen LogP contribution in [0, 0.1) is 0 Å². The minimum atomic E-state index is -2.86. The quantitative estimate of drug-likeness (QED) is 0.806. The van der Waals surface area contributed by atoms with Crippen LogP contribution < -0.4 is 10.6 Å². The number of amides is 1. The lowest BCUT2D eigenvalue weighted by Gasteiger charge is -2.28. The maximum absolute atomic E-state index is 11.3. The molecule has 1 aromatic rings. The summed E-state index contributed by atoms with van der Waals surface area (Å²) in [6.07, 6.45) is 0. The van der Waals surface area contributed by atoms with Crippen LogP contribution in [0.4, 0.5) is 5.69 Å². The lowest BCUT2D eigenvalue weighted by molar-refractivity contribution is 0.100. The fraction of sp³-hybridized carbons (Fsp3) is 0.364. The Bertz CT molecular complexity index is 508. The van der Waals surface area contributed by atoms with Gasteiger partial charge >= 0.3 is 0 Å². The van der Waals surface area contributed by atoms with Gasteiger partial charge in [0.2, 0.25) is 5.91 Å². The second kappa shape index (κ2) is 4.37. The van der Waals surface area contributed by atoms with Gasteiger partial charge in [-0.1, -0.05) is 0 Å². The average Bonchev–Trinajstić information content (AvgIpc) is 2.29. The van der Waals surface area contributed by atoms with E-state index >= 15 is 0 Å². The molecule has 17 heavy (non-hydrogen) atoms. The second-order valence-corrected chi connectivity index (χ2v) is 6.35. The van der Waals surface area contributed by atoms with E-state index in [4.69, 9.17) is 5.73 Å². The lowest BCUT2D eigenvalue weighted by Crippen LogP contribution is -2.40. The van der Waals surface area contributed by atoms with Gasteiger partial charge < -0.3 is 10.6 Å². The van der Waals surface area contributed by atoms with Gasteiger partial charge in [-0.15, -0.1) is 0 Å². The first-order chi connectivity index (χ1) is 7.98. The third kappa shape index (κ3) is 2.76. The molecule has 1 aliphatic heterocycles. The van der Waals surface area contributed by atoms with Crippen molar-refractivity contribution in [2.75, 3.05) is 29.5 Å². The maximum atomic E-state index is 11.3. The van der Waals surface area contributed by atoms with E-state index in [2.05, 4.69) is 0 Å². The predicted molar refractivity (Wildman–Crippen MR) is 65.8 cm³/mol. The summed E-state index contributed by atoms with van der Waals surface area (Å²) in [4.78, 5) is 12.9. The number of nitrogens with zero attached hydrogens (tertiary/aromatic N) is 1. The summed E-state index contributed by atoms with van der Waals surface area (Å²) < 4.78 is 22.6. The zero-order valence-corrected chi connectivity index (χ0v) is 10.1. The zero-order chi connectivity index (χ0) is 12.5. The molecule has 0 spiro atoms. The molecule has 1 heterocycles. The van der Waals surface area contributed by atoms with Gasteiger partial charge in [0.05, 0.1) is 11.5 Å². The molecule has 1 amide bonds. The number of primary amides is 1. The van der Waals surface area contributed by atoms with Crippen molar-refractivity contribution in [3.8, 4) is 0 Å². The highest BCUT2D eigenvalue weighted by atomic mass is 32.2. The molecule has 5 nitrogen and oxygen atoms in total. The Hall–Kier alpha value is -1.56. The Labute approximate surface area is 100 Å². The minimum absolute atomic E-state index is 0.185. The molecule has 0 atom stereocenters. The zero-order valence-electron chi connectivity index (χ0n) is 9.30. The van der Waals surface area contributed by atoms with E-state index in [9.17, 15) is 13.2 Å². The summed E-state index contributed by atoms with van der Waals surface area (Å²) in [6, 6.07) is 6.89. The molecule has 2 N–H and O–H groups in total. The largest absolute Gasteiger partial charge is 0.369 e. The van der Waals surface area contributed by atoms with Gasteiger partial charge in [-0.25, -0.2) is 8.42 Å². The van der Waals surface area contributed by atoms with Crippen LogP contribution in [0.15, 0.2) is 24.3 Å². The van der Waals surface area contributed by atoms with Crippen LogP contribution in [-0.2, 0) is 9.84 Å². The first-order valence-corrected chi connectivity index (χ1v) is 7.15. The van der Waals surface area contributed by atoms with E-state index in [-0.39, 0.29) is 11.5 Å². The molecular formula is C11H14N2O3S. The normalized spacial score (nSPS) is 18.9. The Kier molecular flexibility index (Phi) is 3.06. The van der Waals surface area contributed by atoms with Crippen molar-refractivity contribution in [1.82, 2.24) is 0 Å². The molecule has 1 saturated heterocycles. The number of carbonyl (C=O) groups excluding carboxylic acids is 1. The van der Waals surface area contributed by atoms with Crippen molar-refractivity contribution >= 4 is 21.4 Å². The smallest absolute Gasteiger partial charge is 0.248 e. The van der Waals surface area contributed by atoms with Gasteiger partial charge in [0.25, 0.3) is 0 Å². The first-order valence-electron chi connectivity index (χ1n) is 5.33. The highest BCUT2D eigenvalue weighted by Gasteiger charge is 2.21. The fourth-order valence-corrected chi connectivity index (χ4v) is 3.01. The predicted octanol–water partition coefficient (Wildman–Crippen LogP) is 0.0203. The van der Waals surface area contributed by atoms with Gasteiger partial charge in [-0.2, -0.15) is 0 Å². The van der Waals surface area contributed by atoms with Crippen molar-refractivity contribution in [1.29, 1.82) is 0 Å². The number of hydrogen-bond donors (Lipinski definition) is 1. The van der Waals surface area contributed by atoms with Crippen LogP contribution in [0.25, 0.3) is 0 Å². The summed E-state index contributed by atoms with van der Waals surface area (Å²) in [6.45, 7) is 0.997. The Morgan fingerprint density at radius 2 is 1.65 bits per heavy atom. The van der Waals surface area contributed by atoms with Crippen LogP contribution in [0.2, 0.25) is 0 Å². The molecule has 0 bridgehead atoms. The van der Waals surface area contributed by atoms with Crippen LogP contribution >= 0.6 is 0 Å². The molecule has 1 aliphatic rings. The van der Waals surface area contributed by atoms with Crippen LogP contribution in [0.1, 0.15) is 10.4 Å². The number of carbonyl (C=O) groups is 1. The fourth-order valence-electron chi connectivity index (χ4n) is 1.81. The number of hydrogen-bond acceptors (Lipinski definition) is 4. The number of anilines is 1. The van der Waals surface area contributed by atoms with E-state index < -0.39 is 15.7 Å². The molecule has 2 rings (SSSR count). The third-order valence-electron chi connectivity index (χ3n) is 2.86. The Balaban J connectivity index is 2.11. The summed E-state index contributed by atoms with van der Waals surface area (Å²) in [5.41, 5.74) is 6.52. The van der Waals surface area contributed by atoms with Gasteiger partial charge in [0.1, 0.15) is 0 Å². The SMILES string of the molecule is NC(=O)c1ccc(N2CCS(=O)(=O)CC2)cc1. The molecule has 0 aromatic heterocycles. The van der Waals surface area contributed by atoms with Crippen molar-refractivity contribution in [2.24, 2.45) is 5.73 Å². The Morgan fingerprint density at radius 1 is 1.12 bits per heavy atom. The van der Waals surface area contributed by atoms with E-state index in [0.717, 1.165) is 5.69 Å². The highest BCUT2D eigenvalue weighted by Crippen LogP contribution is 2.17. The number of rotatable bonds is 2. The number of benzene rings is 1. The molecule has 0 unspecified atom stereocenters. The van der Waals surface area contributed by atoms with Crippen LogP contribution in [-0.4, -0.2) is 38.9 Å². The highest BCUT2D eigenvalue weighted by molar-refractivity contribution is 7.91. The molecule has 0 aliphatic carbocycles. The summed E-state index contributed by atoms with van der Waals surface area (Å²) in [7, 11) is -2.86. The summed E-state index contributed by atoms with van der Waals surface area (Å²) in [5.74, 6) is -0.0902. The summed E-state index contributed by atoms with van der Waals surface area (Å²) >= 11 is 0. The molecule has 6 heteroatoms. The monoisotopic (exact) mass is 254 g/mol. The van der Waals surface area contributed by atoms with Crippen LogP contribution in [0.3, 0.4) is 0 Å². The Morgan fingerprint density at radius 3 is 2.12 bits per heavy atom. The lowest BCUT2D eigenvalue weighted by atomic mass is 10.2. The standard InChI is InChI=1S/C11H14N2O3S/c12-11(14)9-1-3-10(4-2-9)13-5-7-17(15,16)8-6-13/h1-4H,5-8H2,(H2,12,14). The molecular weight excluding hydrogens is 240 g/mol. The van der Waals surface area contributed by atoms with Crippen molar-refractivity contribution in [3.05, 3.63) is 29.8 Å². The molecule has 1 fully saturated rings. The van der Waals surface area contributed by atoms with E-state index in [0.29, 0.717) is 18.7 Å². The van der Waals surface area contributed by atoms with Crippen molar-refractivity contribution in [3.63, 3.8) is 0 Å². The van der Waals surface area contributed by atoms with Gasteiger partial charge in [-0.05, 0) is 24.3 Å². The molecule has 1 aromatic carbocycles. The van der Waals surface area contributed by atoms with Crippen molar-refractivity contribution < 1.29 is 13.2 Å². The molecule has 92 valence electrons. The molecule has 0 saturated carbocycles. The van der Waals surface area contributed by atoms with Crippen molar-refractivity contribution in [2.45, 2.75) is 0 Å². The average molecular weight is 254 g/mol. The second-order valence-electron chi connectivity index (χ2n) is 4.05. The minimum Gasteiger partial charge on any atom is -0.369 e. The summed E-state index contributed by atoms with van der Waals surface area (Å²) in [5, 5.41) is 0. The first kappa shape index (κ1) is 11.9.